The molecule has 1 aromatic rings. The van der Waals surface area contributed by atoms with E-state index in [9.17, 15) is 27.6 Å². The molecule has 0 radical (unpaired) electrons. The Labute approximate surface area is 244 Å². The molecule has 3 atom stereocenters. The van der Waals surface area contributed by atoms with E-state index in [1.165, 1.54) is 26.0 Å². The van der Waals surface area contributed by atoms with Crippen molar-refractivity contribution in [2.75, 3.05) is 11.0 Å². The van der Waals surface area contributed by atoms with Crippen molar-refractivity contribution >= 4 is 56.4 Å². The first-order valence-electron chi connectivity index (χ1n) is 12.3. The Hall–Kier alpha value is -2.30. The molecule has 3 amide bonds. The Morgan fingerprint density at radius 2 is 1.51 bits per heavy atom. The number of amides is 3. The first-order valence-corrected chi connectivity index (χ1v) is 15.3. The highest BCUT2D eigenvalue weighted by Crippen LogP contribution is 2.09. The second-order valence-corrected chi connectivity index (χ2v) is 12.0. The Morgan fingerprint density at radius 1 is 0.974 bits per heavy atom. The molecule has 39 heavy (non-hydrogen) atoms. The molecule has 1 aromatic carbocycles. The molecule has 14 heteroatoms. The second kappa shape index (κ2) is 17.4. The number of rotatable bonds is 12. The number of halogens is 1. The zero-order valence-corrected chi connectivity index (χ0v) is 26.2. The first-order chi connectivity index (χ1) is 17.9. The van der Waals surface area contributed by atoms with Crippen LogP contribution in [0.1, 0.15) is 59.4 Å². The van der Waals surface area contributed by atoms with E-state index >= 15 is 0 Å². The van der Waals surface area contributed by atoms with E-state index in [0.717, 1.165) is 12.0 Å². The molecule has 0 unspecified atom stereocenters. The van der Waals surface area contributed by atoms with E-state index in [2.05, 4.69) is 16.0 Å². The quantitative estimate of drug-likeness (QED) is 0.0716. The van der Waals surface area contributed by atoms with Gasteiger partial charge in [0.05, 0.1) is 9.32 Å². The minimum atomic E-state index is -4.02. The lowest BCUT2D eigenvalue weighted by Crippen LogP contribution is -2.54. The van der Waals surface area contributed by atoms with Crippen molar-refractivity contribution in [3.05, 3.63) is 29.8 Å². The summed E-state index contributed by atoms with van der Waals surface area (Å²) in [5, 5.41) is 7.74. The summed E-state index contributed by atoms with van der Waals surface area (Å²) >= 11 is 1.91. The summed E-state index contributed by atoms with van der Waals surface area (Å²) in [7, 11) is -4.02. The van der Waals surface area contributed by atoms with Gasteiger partial charge in [-0.1, -0.05) is 40.3 Å². The maximum absolute atomic E-state index is 12.5. The highest BCUT2D eigenvalue weighted by molar-refractivity contribution is 14.1. The van der Waals surface area contributed by atoms with Gasteiger partial charge in [-0.05, 0) is 79.5 Å². The number of alkyl halides is 1. The highest BCUT2D eigenvalue weighted by atomic mass is 127. The van der Waals surface area contributed by atoms with E-state index in [0.29, 0.717) is 19.4 Å². The predicted molar refractivity (Wildman–Crippen MR) is 156 cm³/mol. The average molecular weight is 685 g/mol. The van der Waals surface area contributed by atoms with Gasteiger partial charge in [-0.15, -0.1) is 0 Å². The number of benzene rings is 1. The van der Waals surface area contributed by atoms with Crippen LogP contribution in [-0.4, -0.2) is 71.4 Å². The molecular weight excluding hydrogens is 643 g/mol. The van der Waals surface area contributed by atoms with Crippen LogP contribution < -0.4 is 21.7 Å². The van der Waals surface area contributed by atoms with Gasteiger partial charge in [0.2, 0.25) is 17.7 Å². The smallest absolute Gasteiger partial charge is 0.328 e. The normalized spacial score (nSPS) is 13.6. The van der Waals surface area contributed by atoms with Gasteiger partial charge in [-0.2, -0.15) is 8.42 Å². The molecule has 0 spiro atoms. The molecule has 222 valence electrons. The fourth-order valence-electron chi connectivity index (χ4n) is 2.87. The molecule has 0 heterocycles. The lowest BCUT2D eigenvalue weighted by Gasteiger charge is -2.24. The third kappa shape index (κ3) is 16.4. The van der Waals surface area contributed by atoms with Crippen molar-refractivity contribution in [3.63, 3.8) is 0 Å². The van der Waals surface area contributed by atoms with Gasteiger partial charge in [0.25, 0.3) is 10.1 Å². The SMILES string of the molecule is C[C@@H](NC(=O)[C@H](CCCCN)NC(=O)CI)C(=O)N[C@H](C)C(=O)OC(C)(C)C.Cc1ccc(S(=O)(=O)O)cc1. The predicted octanol–water partition coefficient (Wildman–Crippen LogP) is 1.63. The van der Waals surface area contributed by atoms with E-state index in [1.54, 1.807) is 32.9 Å². The third-order valence-electron chi connectivity index (χ3n) is 4.91. The molecule has 0 aliphatic carbocycles. The number of hydrogen-bond acceptors (Lipinski definition) is 8. The summed E-state index contributed by atoms with van der Waals surface area (Å²) in [6.45, 7) is 10.6. The average Bonchev–Trinajstić information content (AvgIpc) is 2.82. The van der Waals surface area contributed by atoms with Crippen molar-refractivity contribution in [2.45, 2.75) is 89.4 Å². The number of aryl methyl sites for hydroxylation is 1. The summed E-state index contributed by atoms with van der Waals surface area (Å²) in [6.07, 6.45) is 1.83. The van der Waals surface area contributed by atoms with Crippen LogP contribution in [0.15, 0.2) is 29.2 Å². The van der Waals surface area contributed by atoms with E-state index < -0.39 is 51.6 Å². The lowest BCUT2D eigenvalue weighted by molar-refractivity contribution is -0.158. The van der Waals surface area contributed by atoms with Crippen LogP contribution in [-0.2, 0) is 34.0 Å². The van der Waals surface area contributed by atoms with Crippen molar-refractivity contribution in [1.29, 1.82) is 0 Å². The summed E-state index contributed by atoms with van der Waals surface area (Å²) in [6, 6.07) is 3.50. The molecule has 0 saturated carbocycles. The fourth-order valence-corrected chi connectivity index (χ4v) is 3.57. The molecule has 0 aromatic heterocycles. The maximum atomic E-state index is 12.5. The molecule has 6 N–H and O–H groups in total. The largest absolute Gasteiger partial charge is 0.458 e. The summed E-state index contributed by atoms with van der Waals surface area (Å²) in [4.78, 5) is 48.3. The topological polar surface area (TPSA) is 194 Å². The Morgan fingerprint density at radius 3 is 1.97 bits per heavy atom. The molecule has 0 aliphatic heterocycles. The van der Waals surface area contributed by atoms with Crippen LogP contribution in [0.25, 0.3) is 0 Å². The lowest BCUT2D eigenvalue weighted by atomic mass is 10.1. The van der Waals surface area contributed by atoms with Crippen LogP contribution in [0.3, 0.4) is 0 Å². The monoisotopic (exact) mass is 684 g/mol. The van der Waals surface area contributed by atoms with Crippen molar-refractivity contribution in [3.8, 4) is 0 Å². The van der Waals surface area contributed by atoms with Gasteiger partial charge in [0.1, 0.15) is 23.7 Å². The van der Waals surface area contributed by atoms with E-state index in [-0.39, 0.29) is 15.2 Å². The van der Waals surface area contributed by atoms with Gasteiger partial charge in [0, 0.05) is 0 Å². The molecule has 0 bridgehead atoms. The molecule has 12 nitrogen and oxygen atoms in total. The van der Waals surface area contributed by atoms with Gasteiger partial charge >= 0.3 is 5.97 Å². The van der Waals surface area contributed by atoms with Crippen molar-refractivity contribution in [1.82, 2.24) is 16.0 Å². The Kier molecular flexibility index (Phi) is 16.4. The molecule has 0 aliphatic rings. The molecular formula is C25H41IN4O8S. The van der Waals surface area contributed by atoms with Crippen molar-refractivity contribution in [2.24, 2.45) is 5.73 Å². The summed E-state index contributed by atoms with van der Waals surface area (Å²) in [5.41, 5.74) is 5.76. The van der Waals surface area contributed by atoms with Gasteiger partial charge in [-0.25, -0.2) is 4.79 Å². The number of carbonyl (C=O) groups is 4. The number of ether oxygens (including phenoxy) is 1. The van der Waals surface area contributed by atoms with E-state index in [1.807, 2.05) is 29.5 Å². The minimum absolute atomic E-state index is 0.0666. The Bertz CT molecular complexity index is 1060. The molecule has 1 rings (SSSR count). The summed E-state index contributed by atoms with van der Waals surface area (Å²) < 4.78 is 35.0. The fraction of sp³-hybridized carbons (Fsp3) is 0.600. The Balaban J connectivity index is 0.00000108. The van der Waals surface area contributed by atoms with Gasteiger partial charge < -0.3 is 26.4 Å². The zero-order chi connectivity index (χ0) is 30.4. The van der Waals surface area contributed by atoms with Crippen LogP contribution >= 0.6 is 22.6 Å². The second-order valence-electron chi connectivity index (χ2n) is 9.82. The zero-order valence-electron chi connectivity index (χ0n) is 23.2. The molecule has 0 saturated heterocycles. The highest BCUT2D eigenvalue weighted by Gasteiger charge is 2.27. The standard InChI is InChI=1S/C18H33IN4O5.C7H8O3S/c1-11(15(25)22-12(2)17(27)28-18(3,4)5)21-16(26)13(8-6-7-9-20)23-14(24)10-19;1-6-2-4-7(5-3-6)11(8,9)10/h11-13H,6-10,20H2,1-5H3,(H,21,26)(H,22,25)(H,23,24);2-5H,1H3,(H,8,9,10)/t11-,12-,13+;/m1./s1. The number of nitrogens with two attached hydrogens (primary N) is 1. The molecule has 0 fully saturated rings. The number of unbranched alkanes of at least 4 members (excludes halogenated alkanes) is 1. The minimum Gasteiger partial charge on any atom is -0.458 e. The number of esters is 1. The number of hydrogen-bond donors (Lipinski definition) is 5. The first kappa shape index (κ1) is 36.7. The van der Waals surface area contributed by atoms with Gasteiger partial charge in [-0.3, -0.25) is 18.9 Å². The maximum Gasteiger partial charge on any atom is 0.328 e. The third-order valence-corrected chi connectivity index (χ3v) is 6.47. The number of carbonyl (C=O) groups excluding carboxylic acids is 4. The van der Waals surface area contributed by atoms with Crippen LogP contribution in [0, 0.1) is 6.92 Å². The van der Waals surface area contributed by atoms with Gasteiger partial charge in [0.15, 0.2) is 0 Å². The van der Waals surface area contributed by atoms with Crippen molar-refractivity contribution < 1.29 is 36.9 Å². The van der Waals surface area contributed by atoms with Crippen LogP contribution in [0.5, 0.6) is 0 Å². The number of nitrogens with one attached hydrogen (secondary N) is 3. The van der Waals surface area contributed by atoms with Crippen LogP contribution in [0.4, 0.5) is 0 Å². The van der Waals surface area contributed by atoms with E-state index in [4.69, 9.17) is 15.0 Å². The summed E-state index contributed by atoms with van der Waals surface area (Å²) in [5.74, 6) is -1.80. The van der Waals surface area contributed by atoms with Crippen LogP contribution in [0.2, 0.25) is 0 Å².